The van der Waals surface area contributed by atoms with Crippen molar-refractivity contribution in [2.75, 3.05) is 0 Å². The Bertz CT molecular complexity index is 357. The lowest BCUT2D eigenvalue weighted by molar-refractivity contribution is 0.206. The molecule has 0 aromatic heterocycles. The monoisotopic (exact) mass is 207 g/mol. The highest BCUT2D eigenvalue weighted by atomic mass is 35.5. The number of hydrogen-bond donors (Lipinski definition) is 1. The van der Waals surface area contributed by atoms with E-state index in [2.05, 4.69) is 10.5 Å². The van der Waals surface area contributed by atoms with E-state index in [4.69, 9.17) is 11.6 Å². The Labute approximate surface area is 77.0 Å². The van der Waals surface area contributed by atoms with Crippen LogP contribution in [0.15, 0.2) is 12.1 Å². The fourth-order valence-electron chi connectivity index (χ4n) is 0.703. The molecule has 0 saturated heterocycles. The number of benzene rings is 1. The van der Waals surface area contributed by atoms with E-state index in [-0.39, 0.29) is 5.02 Å². The van der Waals surface area contributed by atoms with Gasteiger partial charge in [-0.1, -0.05) is 11.6 Å². The van der Waals surface area contributed by atoms with Crippen LogP contribution in [0.3, 0.4) is 0 Å². The first-order valence-corrected chi connectivity index (χ1v) is 3.51. The lowest BCUT2D eigenvalue weighted by Crippen LogP contribution is -2.17. The molecule has 1 amide bonds. The van der Waals surface area contributed by atoms with Crippen LogP contribution in [0.1, 0.15) is 0 Å². The lowest BCUT2D eigenvalue weighted by atomic mass is 10.3. The normalized spacial score (nSPS) is 9.77. The second-order valence-electron chi connectivity index (χ2n) is 2.09. The first kappa shape index (κ1) is 9.73. The smallest absolute Gasteiger partial charge is 0.404 e. The van der Waals surface area contributed by atoms with Gasteiger partial charge < -0.3 is 10.5 Å². The van der Waals surface area contributed by atoms with Gasteiger partial charge in [-0.2, -0.15) is 0 Å². The quantitative estimate of drug-likeness (QED) is 0.717. The number of hydrogen-bond acceptors (Lipinski definition) is 2. The average molecular weight is 208 g/mol. The Hall–Kier alpha value is -1.36. The van der Waals surface area contributed by atoms with Gasteiger partial charge in [0.1, 0.15) is 0 Å². The molecule has 1 aromatic carbocycles. The summed E-state index contributed by atoms with van der Waals surface area (Å²) in [7, 11) is 0. The molecule has 70 valence electrons. The topological polar surface area (TPSA) is 52.3 Å². The van der Waals surface area contributed by atoms with E-state index < -0.39 is 23.5 Å². The lowest BCUT2D eigenvalue weighted by Gasteiger charge is -2.04. The summed E-state index contributed by atoms with van der Waals surface area (Å²) in [5.74, 6) is -3.08. The molecular weight excluding hydrogens is 204 g/mol. The summed E-state index contributed by atoms with van der Waals surface area (Å²) in [5.41, 5.74) is 4.57. The van der Waals surface area contributed by atoms with Crippen molar-refractivity contribution in [3.8, 4) is 5.75 Å². The maximum absolute atomic E-state index is 12.9. The number of nitrogens with two attached hydrogens (primary N) is 1. The fourth-order valence-corrected chi connectivity index (χ4v) is 0.851. The zero-order valence-corrected chi connectivity index (χ0v) is 6.94. The van der Waals surface area contributed by atoms with Crippen LogP contribution in [-0.4, -0.2) is 6.09 Å². The third kappa shape index (κ3) is 2.06. The molecule has 0 aliphatic rings. The van der Waals surface area contributed by atoms with Crippen LogP contribution in [0.4, 0.5) is 13.6 Å². The standard InChI is InChI=1S/C7H4ClF2NO2/c8-3-1-2-4(9)6(5(3)10)13-7(11)12/h1-2H,(H2,11,12). The van der Waals surface area contributed by atoms with Crippen LogP contribution in [-0.2, 0) is 0 Å². The third-order valence-electron chi connectivity index (χ3n) is 1.20. The molecule has 0 fully saturated rings. The number of halogens is 3. The van der Waals surface area contributed by atoms with E-state index in [9.17, 15) is 13.6 Å². The first-order valence-electron chi connectivity index (χ1n) is 3.13. The molecule has 1 rings (SSSR count). The molecule has 0 spiro atoms. The Balaban J connectivity index is 3.17. The Morgan fingerprint density at radius 3 is 2.62 bits per heavy atom. The molecule has 0 heterocycles. The Kier molecular flexibility index (Phi) is 2.67. The fraction of sp³-hybridized carbons (Fsp3) is 0. The van der Waals surface area contributed by atoms with Gasteiger partial charge in [0.05, 0.1) is 5.02 Å². The maximum atomic E-state index is 12.9. The average Bonchev–Trinajstić information content (AvgIpc) is 2.05. The molecule has 6 heteroatoms. The van der Waals surface area contributed by atoms with Crippen LogP contribution >= 0.6 is 11.6 Å². The summed E-state index contributed by atoms with van der Waals surface area (Å²) in [5, 5.41) is -0.349. The molecule has 1 aromatic rings. The van der Waals surface area contributed by atoms with Gasteiger partial charge >= 0.3 is 6.09 Å². The number of carbonyl (C=O) groups excluding carboxylic acids is 1. The summed E-state index contributed by atoms with van der Waals surface area (Å²) in [6.45, 7) is 0. The van der Waals surface area contributed by atoms with Crippen LogP contribution < -0.4 is 10.5 Å². The van der Waals surface area contributed by atoms with Crippen molar-refractivity contribution in [2.24, 2.45) is 5.73 Å². The van der Waals surface area contributed by atoms with Gasteiger partial charge in [-0.3, -0.25) is 0 Å². The van der Waals surface area contributed by atoms with Crippen molar-refractivity contribution in [3.63, 3.8) is 0 Å². The van der Waals surface area contributed by atoms with Crippen molar-refractivity contribution in [2.45, 2.75) is 0 Å². The molecule has 0 saturated carbocycles. The third-order valence-corrected chi connectivity index (χ3v) is 1.50. The van der Waals surface area contributed by atoms with Gasteiger partial charge in [0.15, 0.2) is 11.6 Å². The van der Waals surface area contributed by atoms with E-state index in [0.29, 0.717) is 0 Å². The molecular formula is C7H4ClF2NO2. The summed E-state index contributed by atoms with van der Waals surface area (Å²) in [6.07, 6.45) is -1.31. The zero-order chi connectivity index (χ0) is 10.0. The second-order valence-corrected chi connectivity index (χ2v) is 2.50. The molecule has 0 aliphatic heterocycles. The Morgan fingerprint density at radius 2 is 2.08 bits per heavy atom. The van der Waals surface area contributed by atoms with Crippen molar-refractivity contribution in [1.82, 2.24) is 0 Å². The molecule has 13 heavy (non-hydrogen) atoms. The van der Waals surface area contributed by atoms with Crippen molar-refractivity contribution >= 4 is 17.7 Å². The second kappa shape index (κ2) is 3.57. The van der Waals surface area contributed by atoms with E-state index in [0.717, 1.165) is 12.1 Å². The van der Waals surface area contributed by atoms with Crippen molar-refractivity contribution < 1.29 is 18.3 Å². The van der Waals surface area contributed by atoms with E-state index in [1.807, 2.05) is 0 Å². The molecule has 0 bridgehead atoms. The van der Waals surface area contributed by atoms with Gasteiger partial charge in [0.25, 0.3) is 0 Å². The van der Waals surface area contributed by atoms with E-state index >= 15 is 0 Å². The summed E-state index contributed by atoms with van der Waals surface area (Å²) >= 11 is 5.30. The van der Waals surface area contributed by atoms with E-state index in [1.54, 1.807) is 0 Å². The zero-order valence-electron chi connectivity index (χ0n) is 6.18. The van der Waals surface area contributed by atoms with Crippen LogP contribution in [0.5, 0.6) is 5.75 Å². The molecule has 2 N–H and O–H groups in total. The number of primary amides is 1. The molecule has 3 nitrogen and oxygen atoms in total. The largest absolute Gasteiger partial charge is 0.410 e. The number of ether oxygens (including phenoxy) is 1. The van der Waals surface area contributed by atoms with Gasteiger partial charge in [0, 0.05) is 0 Å². The van der Waals surface area contributed by atoms with E-state index in [1.165, 1.54) is 0 Å². The van der Waals surface area contributed by atoms with Crippen molar-refractivity contribution in [1.29, 1.82) is 0 Å². The molecule has 0 atom stereocenters. The number of amides is 1. The first-order chi connectivity index (χ1) is 6.02. The van der Waals surface area contributed by atoms with Gasteiger partial charge in [-0.25, -0.2) is 13.6 Å². The number of rotatable bonds is 1. The van der Waals surface area contributed by atoms with Gasteiger partial charge in [0.2, 0.25) is 5.75 Å². The minimum Gasteiger partial charge on any atom is -0.404 e. The molecule has 0 unspecified atom stereocenters. The summed E-state index contributed by atoms with van der Waals surface area (Å²) < 4.78 is 29.7. The minimum absolute atomic E-state index is 0.349. The van der Waals surface area contributed by atoms with Crippen LogP contribution in [0.25, 0.3) is 0 Å². The highest BCUT2D eigenvalue weighted by molar-refractivity contribution is 6.30. The summed E-state index contributed by atoms with van der Waals surface area (Å²) in [6, 6.07) is 1.86. The van der Waals surface area contributed by atoms with Crippen LogP contribution in [0, 0.1) is 11.6 Å². The predicted molar refractivity (Wildman–Crippen MR) is 41.6 cm³/mol. The van der Waals surface area contributed by atoms with Gasteiger partial charge in [-0.15, -0.1) is 0 Å². The van der Waals surface area contributed by atoms with Crippen LogP contribution in [0.2, 0.25) is 5.02 Å². The maximum Gasteiger partial charge on any atom is 0.410 e. The molecule has 0 radical (unpaired) electrons. The Morgan fingerprint density at radius 1 is 1.46 bits per heavy atom. The van der Waals surface area contributed by atoms with Crippen molar-refractivity contribution in [3.05, 3.63) is 28.8 Å². The number of carbonyl (C=O) groups is 1. The van der Waals surface area contributed by atoms with Gasteiger partial charge in [-0.05, 0) is 12.1 Å². The highest BCUT2D eigenvalue weighted by Gasteiger charge is 2.15. The SMILES string of the molecule is NC(=O)Oc1c(F)ccc(Cl)c1F. The molecule has 0 aliphatic carbocycles. The minimum atomic E-state index is -1.31. The summed E-state index contributed by atoms with van der Waals surface area (Å²) in [4.78, 5) is 10.2. The predicted octanol–water partition coefficient (Wildman–Crippen LogP) is 2.08. The highest BCUT2D eigenvalue weighted by Crippen LogP contribution is 2.27.